The van der Waals surface area contributed by atoms with Crippen molar-refractivity contribution in [3.63, 3.8) is 0 Å². The lowest BCUT2D eigenvalue weighted by Gasteiger charge is -2.27. The maximum Gasteiger partial charge on any atom is 0.222 e. The summed E-state index contributed by atoms with van der Waals surface area (Å²) in [6.07, 6.45) is 4.61. The largest absolute Gasteiger partial charge is 0.378 e. The Balaban J connectivity index is 1.51. The fourth-order valence-corrected chi connectivity index (χ4v) is 5.07. The van der Waals surface area contributed by atoms with Crippen LogP contribution in [0.25, 0.3) is 11.3 Å². The van der Waals surface area contributed by atoms with E-state index in [0.29, 0.717) is 13.0 Å². The molecule has 3 aliphatic heterocycles. The Morgan fingerprint density at radius 1 is 1.18 bits per heavy atom. The first-order valence-corrected chi connectivity index (χ1v) is 12.0. The highest BCUT2D eigenvalue weighted by Crippen LogP contribution is 2.39. The molecule has 0 saturated heterocycles. The van der Waals surface area contributed by atoms with Gasteiger partial charge in [0.2, 0.25) is 5.91 Å². The highest BCUT2D eigenvalue weighted by molar-refractivity contribution is 6.30. The van der Waals surface area contributed by atoms with Crippen molar-refractivity contribution in [2.24, 2.45) is 0 Å². The zero-order chi connectivity index (χ0) is 22.9. The molecule has 172 valence electrons. The lowest BCUT2D eigenvalue weighted by atomic mass is 9.90. The van der Waals surface area contributed by atoms with Crippen LogP contribution in [0.4, 0.5) is 5.69 Å². The Bertz CT molecular complexity index is 1120. The van der Waals surface area contributed by atoms with Crippen molar-refractivity contribution in [1.82, 2.24) is 20.9 Å². The second kappa shape index (κ2) is 9.12. The smallest absolute Gasteiger partial charge is 0.222 e. The molecule has 0 aliphatic carbocycles. The minimum atomic E-state index is 0.163. The van der Waals surface area contributed by atoms with Crippen molar-refractivity contribution in [2.45, 2.75) is 39.2 Å². The maximum absolute atomic E-state index is 12.1. The maximum atomic E-state index is 12.1. The number of nitrogens with zero attached hydrogens (tertiary/aromatic N) is 2. The lowest BCUT2D eigenvalue weighted by Crippen LogP contribution is -2.37. The van der Waals surface area contributed by atoms with Gasteiger partial charge in [-0.15, -0.1) is 5.53 Å². The number of halogens is 1. The third-order valence-electron chi connectivity index (χ3n) is 6.75. The monoisotopic (exact) mass is 463 g/mol. The van der Waals surface area contributed by atoms with Crippen LogP contribution < -0.4 is 16.3 Å². The number of fused-ring (bicyclic) bond motifs is 3. The van der Waals surface area contributed by atoms with Crippen LogP contribution in [-0.2, 0) is 4.79 Å². The molecule has 5 rings (SSSR count). The molecule has 2 aromatic rings. The van der Waals surface area contributed by atoms with Gasteiger partial charge in [-0.05, 0) is 66.8 Å². The van der Waals surface area contributed by atoms with Crippen LogP contribution in [0.3, 0.4) is 0 Å². The van der Waals surface area contributed by atoms with E-state index < -0.39 is 0 Å². The van der Waals surface area contributed by atoms with Crippen LogP contribution in [-0.4, -0.2) is 35.5 Å². The summed E-state index contributed by atoms with van der Waals surface area (Å²) in [7, 11) is 0. The minimum absolute atomic E-state index is 0.163. The number of amides is 1. The first kappa shape index (κ1) is 21.9. The molecule has 7 heteroatoms. The van der Waals surface area contributed by atoms with E-state index >= 15 is 0 Å². The molecule has 0 bridgehead atoms. The highest BCUT2D eigenvalue weighted by atomic mass is 35.5. The molecule has 0 spiro atoms. The lowest BCUT2D eigenvalue weighted by molar-refractivity contribution is -0.130. The zero-order valence-electron chi connectivity index (χ0n) is 19.1. The van der Waals surface area contributed by atoms with E-state index in [1.165, 1.54) is 28.0 Å². The van der Waals surface area contributed by atoms with Crippen molar-refractivity contribution in [3.8, 4) is 0 Å². The Hall–Kier alpha value is -2.96. The molecule has 2 aromatic carbocycles. The second-order valence-corrected chi connectivity index (χ2v) is 9.27. The SMILES string of the molecule is CCC(=O)N1CC=C(c2ccc3c(c2)C(Nc2ccc(Cl)cc2)CCN2NNC(C)=C32)CC1. The van der Waals surface area contributed by atoms with Crippen LogP contribution in [0.2, 0.25) is 5.02 Å². The van der Waals surface area contributed by atoms with Crippen molar-refractivity contribution in [3.05, 3.63) is 76.0 Å². The number of hydrogen-bond acceptors (Lipinski definition) is 5. The average molecular weight is 464 g/mol. The normalized spacial score (nSPS) is 20.0. The molecule has 0 radical (unpaired) electrons. The van der Waals surface area contributed by atoms with E-state index in [1.54, 1.807) is 0 Å². The van der Waals surface area contributed by atoms with E-state index in [9.17, 15) is 4.79 Å². The predicted octanol–water partition coefficient (Wildman–Crippen LogP) is 4.94. The van der Waals surface area contributed by atoms with E-state index in [-0.39, 0.29) is 11.9 Å². The van der Waals surface area contributed by atoms with Crippen LogP contribution in [0.1, 0.15) is 55.8 Å². The molecule has 1 atom stereocenters. The number of allylic oxidation sites excluding steroid dienone is 1. The van der Waals surface area contributed by atoms with Gasteiger partial charge in [0.15, 0.2) is 0 Å². The molecule has 1 amide bonds. The van der Waals surface area contributed by atoms with Gasteiger partial charge in [0.05, 0.1) is 17.4 Å². The van der Waals surface area contributed by atoms with Gasteiger partial charge in [0.25, 0.3) is 0 Å². The van der Waals surface area contributed by atoms with Crippen LogP contribution >= 0.6 is 11.6 Å². The molecular weight excluding hydrogens is 434 g/mol. The standard InChI is InChI=1S/C26H30ClN5O/c1-3-25(33)31-13-10-18(11-14-31)19-4-9-22-23(16-19)24(28-21-7-5-20(27)6-8-21)12-15-32-26(22)17(2)29-30-32/h4-10,16,24,28-30H,3,11-15H2,1-2H3. The summed E-state index contributed by atoms with van der Waals surface area (Å²) < 4.78 is 0. The number of benzene rings is 2. The molecule has 3 N–H and O–H groups in total. The van der Waals surface area contributed by atoms with Crippen molar-refractivity contribution >= 4 is 34.5 Å². The Morgan fingerprint density at radius 2 is 2.00 bits per heavy atom. The third-order valence-corrected chi connectivity index (χ3v) is 7.00. The number of carbonyl (C=O) groups is 1. The molecule has 0 fully saturated rings. The molecule has 0 saturated carbocycles. The van der Waals surface area contributed by atoms with Crippen molar-refractivity contribution in [1.29, 1.82) is 0 Å². The molecule has 1 unspecified atom stereocenters. The summed E-state index contributed by atoms with van der Waals surface area (Å²) in [4.78, 5) is 14.0. The van der Waals surface area contributed by atoms with Gasteiger partial charge in [0.1, 0.15) is 0 Å². The van der Waals surface area contributed by atoms with E-state index in [1.807, 2.05) is 36.1 Å². The summed E-state index contributed by atoms with van der Waals surface area (Å²) in [5, 5.41) is 6.68. The molecule has 3 aliphatic rings. The zero-order valence-corrected chi connectivity index (χ0v) is 19.9. The Kier molecular flexibility index (Phi) is 6.04. The molecule has 0 aromatic heterocycles. The summed E-state index contributed by atoms with van der Waals surface area (Å²) in [5.74, 6) is 0.225. The fraction of sp³-hybridized carbons (Fsp3) is 0.346. The summed E-state index contributed by atoms with van der Waals surface area (Å²) in [5.41, 5.74) is 15.0. The number of nitrogens with one attached hydrogen (secondary N) is 3. The van der Waals surface area contributed by atoms with Crippen molar-refractivity contribution < 1.29 is 4.79 Å². The van der Waals surface area contributed by atoms with Gasteiger partial charge in [-0.25, -0.2) is 0 Å². The van der Waals surface area contributed by atoms with E-state index in [4.69, 9.17) is 11.6 Å². The topological polar surface area (TPSA) is 59.6 Å². The van der Waals surface area contributed by atoms with Gasteiger partial charge in [-0.1, -0.05) is 36.7 Å². The molecular formula is C26H30ClN5O. The quantitative estimate of drug-likeness (QED) is 0.599. The number of carbonyl (C=O) groups excluding carboxylic acids is 1. The van der Waals surface area contributed by atoms with Crippen molar-refractivity contribution in [2.75, 3.05) is 25.0 Å². The van der Waals surface area contributed by atoms with E-state index in [2.05, 4.69) is 52.5 Å². The van der Waals surface area contributed by atoms with Crippen LogP contribution in [0, 0.1) is 0 Å². The van der Waals surface area contributed by atoms with Crippen LogP contribution in [0.5, 0.6) is 0 Å². The fourth-order valence-electron chi connectivity index (χ4n) is 4.94. The Labute approximate surface area is 200 Å². The minimum Gasteiger partial charge on any atom is -0.378 e. The first-order chi connectivity index (χ1) is 16.0. The van der Waals surface area contributed by atoms with Crippen LogP contribution in [0.15, 0.2) is 54.2 Å². The third kappa shape index (κ3) is 4.33. The second-order valence-electron chi connectivity index (χ2n) is 8.83. The average Bonchev–Trinajstić information content (AvgIpc) is 3.14. The number of hydrogen-bond donors (Lipinski definition) is 3. The molecule has 6 nitrogen and oxygen atoms in total. The van der Waals surface area contributed by atoms with Gasteiger partial charge >= 0.3 is 0 Å². The summed E-state index contributed by atoms with van der Waals surface area (Å²) >= 11 is 6.10. The van der Waals surface area contributed by atoms with Gasteiger partial charge in [0, 0.05) is 42.3 Å². The Morgan fingerprint density at radius 3 is 2.73 bits per heavy atom. The van der Waals surface area contributed by atoms with Gasteiger partial charge in [-0.3, -0.25) is 9.80 Å². The van der Waals surface area contributed by atoms with Gasteiger partial charge < -0.3 is 15.6 Å². The van der Waals surface area contributed by atoms with E-state index in [0.717, 1.165) is 42.3 Å². The predicted molar refractivity (Wildman–Crippen MR) is 134 cm³/mol. The highest BCUT2D eigenvalue weighted by Gasteiger charge is 2.30. The first-order valence-electron chi connectivity index (χ1n) is 11.7. The van der Waals surface area contributed by atoms with Gasteiger partial charge in [-0.2, -0.15) is 0 Å². The number of hydrazine groups is 2. The molecule has 33 heavy (non-hydrogen) atoms. The number of anilines is 1. The number of rotatable bonds is 4. The molecule has 3 heterocycles. The summed E-state index contributed by atoms with van der Waals surface area (Å²) in [6, 6.07) is 14.9. The summed E-state index contributed by atoms with van der Waals surface area (Å²) in [6.45, 7) is 6.39.